The van der Waals surface area contributed by atoms with Crippen molar-refractivity contribution < 1.29 is 19.1 Å². The lowest BCUT2D eigenvalue weighted by Gasteiger charge is -2.54. The molecule has 4 aromatic carbocycles. The number of imide groups is 1. The van der Waals surface area contributed by atoms with E-state index in [-0.39, 0.29) is 0 Å². The fraction of sp³-hybridized carbons (Fsp3) is 0.229. The van der Waals surface area contributed by atoms with Crippen LogP contribution in [0.4, 0.5) is 5.69 Å². The molecule has 216 valence electrons. The number of carbonyl (C=O) groups is 3. The number of benzene rings is 4. The molecule has 3 atom stereocenters. The van der Waals surface area contributed by atoms with Gasteiger partial charge in [-0.1, -0.05) is 54.6 Å². The Kier molecular flexibility index (Phi) is 6.24. The van der Waals surface area contributed by atoms with E-state index in [1.54, 1.807) is 31.2 Å². The van der Waals surface area contributed by atoms with Crippen LogP contribution in [0.5, 0.6) is 11.5 Å². The van der Waals surface area contributed by atoms with E-state index < -0.39 is 45.3 Å². The molecular weight excluding hydrogens is 583 g/mol. The quantitative estimate of drug-likeness (QED) is 0.195. The molecule has 8 heteroatoms. The summed E-state index contributed by atoms with van der Waals surface area (Å²) < 4.78 is 5.95. The number of nitrogens with one attached hydrogen (secondary N) is 1. The number of nitrogens with zero attached hydrogens (tertiary/aromatic N) is 1. The fourth-order valence-electron chi connectivity index (χ4n) is 6.95. The zero-order valence-corrected chi connectivity index (χ0v) is 25.2. The largest absolute Gasteiger partial charge is 0.457 e. The predicted octanol–water partition coefficient (Wildman–Crippen LogP) is 7.02. The molecule has 8 rings (SSSR count). The Bertz CT molecular complexity index is 1710. The summed E-state index contributed by atoms with van der Waals surface area (Å²) in [5.74, 6) is -2.09. The first kappa shape index (κ1) is 27.7. The second-order valence-corrected chi connectivity index (χ2v) is 12.7. The van der Waals surface area contributed by atoms with E-state index in [1.165, 1.54) is 5.56 Å². The predicted molar refractivity (Wildman–Crippen MR) is 166 cm³/mol. The molecule has 3 aliphatic carbocycles. The van der Waals surface area contributed by atoms with Crippen LogP contribution in [0.25, 0.3) is 0 Å². The van der Waals surface area contributed by atoms with Crippen molar-refractivity contribution in [3.05, 3.63) is 124 Å². The van der Waals surface area contributed by atoms with Crippen molar-refractivity contribution in [1.29, 1.82) is 0 Å². The smallest absolute Gasteiger partial charge is 0.247 e. The molecule has 0 spiro atoms. The zero-order valence-electron chi connectivity index (χ0n) is 23.7. The molecule has 2 bridgehead atoms. The van der Waals surface area contributed by atoms with Gasteiger partial charge >= 0.3 is 0 Å². The number of anilines is 1. The van der Waals surface area contributed by atoms with Crippen molar-refractivity contribution in [2.45, 2.75) is 36.6 Å². The maximum absolute atomic E-state index is 14.1. The Morgan fingerprint density at radius 2 is 1.21 bits per heavy atom. The molecular formula is C35H28Cl2N2O4. The first-order chi connectivity index (χ1) is 20.6. The lowest BCUT2D eigenvalue weighted by atomic mass is 9.54. The van der Waals surface area contributed by atoms with Crippen molar-refractivity contribution in [2.75, 3.05) is 5.32 Å². The minimum Gasteiger partial charge on any atom is -0.457 e. The number of aryl methyl sites for hydroxylation is 2. The number of alkyl halides is 2. The maximum Gasteiger partial charge on any atom is 0.247 e. The van der Waals surface area contributed by atoms with Gasteiger partial charge in [-0.2, -0.15) is 0 Å². The number of likely N-dealkylation sites (tertiary alicyclic amines) is 1. The number of rotatable bonds is 5. The Balaban J connectivity index is 1.15. The van der Waals surface area contributed by atoms with E-state index in [2.05, 4.69) is 5.32 Å². The summed E-state index contributed by atoms with van der Waals surface area (Å²) in [6, 6.07) is 26.6. The average molecular weight is 612 g/mol. The molecule has 0 aromatic heterocycles. The van der Waals surface area contributed by atoms with Crippen LogP contribution in [0.3, 0.4) is 0 Å². The van der Waals surface area contributed by atoms with Gasteiger partial charge in [-0.15, -0.1) is 23.2 Å². The van der Waals surface area contributed by atoms with Gasteiger partial charge in [0.15, 0.2) is 0 Å². The van der Waals surface area contributed by atoms with Crippen LogP contribution in [0, 0.1) is 25.7 Å². The Hall–Kier alpha value is -4.13. The molecule has 1 N–H and O–H groups in total. The van der Waals surface area contributed by atoms with E-state index >= 15 is 0 Å². The number of hydrogen-bond acceptors (Lipinski definition) is 4. The molecule has 6 nitrogen and oxygen atoms in total. The lowest BCUT2D eigenvalue weighted by molar-refractivity contribution is -0.146. The summed E-state index contributed by atoms with van der Waals surface area (Å²) in [6.45, 7) is 5.61. The van der Waals surface area contributed by atoms with Gasteiger partial charge in [-0.3, -0.25) is 19.3 Å². The lowest BCUT2D eigenvalue weighted by Crippen LogP contribution is -2.57. The molecule has 0 saturated carbocycles. The van der Waals surface area contributed by atoms with E-state index in [4.69, 9.17) is 27.9 Å². The third-order valence-electron chi connectivity index (χ3n) is 9.22. The second kappa shape index (κ2) is 9.69. The number of hydrogen-bond donors (Lipinski definition) is 1. The highest BCUT2D eigenvalue weighted by Gasteiger charge is 2.73. The van der Waals surface area contributed by atoms with Gasteiger partial charge in [0.1, 0.15) is 27.3 Å². The van der Waals surface area contributed by atoms with Crippen molar-refractivity contribution in [1.82, 2.24) is 4.90 Å². The molecule has 1 fully saturated rings. The topological polar surface area (TPSA) is 75.7 Å². The van der Waals surface area contributed by atoms with Crippen molar-refractivity contribution in [3.63, 3.8) is 0 Å². The monoisotopic (exact) mass is 610 g/mol. The summed E-state index contributed by atoms with van der Waals surface area (Å²) in [4.78, 5) is 40.2. The maximum atomic E-state index is 14.1. The van der Waals surface area contributed by atoms with Crippen LogP contribution < -0.4 is 10.1 Å². The minimum absolute atomic E-state index is 0.501. The van der Waals surface area contributed by atoms with E-state index in [0.717, 1.165) is 32.7 Å². The minimum atomic E-state index is -1.29. The Labute approximate surface area is 259 Å². The third-order valence-corrected chi connectivity index (χ3v) is 10.5. The van der Waals surface area contributed by atoms with E-state index in [0.29, 0.717) is 17.2 Å². The molecule has 4 aromatic rings. The van der Waals surface area contributed by atoms with Gasteiger partial charge < -0.3 is 10.1 Å². The number of carbonyl (C=O) groups excluding carboxylic acids is 3. The normalized spacial score (nSPS) is 25.6. The molecule has 0 unspecified atom stereocenters. The van der Waals surface area contributed by atoms with Gasteiger partial charge in [0.2, 0.25) is 17.7 Å². The SMILES string of the molecule is Cc1ccc(Oc2ccc(NC(=O)[C@H](C)N3C(=O)[C@H]4[C@H](C3=O)C3(Cl)c5ccccc5C4(Cl)c4ccccc43)cc2)cc1C. The Morgan fingerprint density at radius 1 is 0.744 bits per heavy atom. The molecule has 43 heavy (non-hydrogen) atoms. The van der Waals surface area contributed by atoms with Crippen molar-refractivity contribution in [3.8, 4) is 11.5 Å². The average Bonchev–Trinajstić information content (AvgIpc) is 3.29. The van der Waals surface area contributed by atoms with Crippen molar-refractivity contribution >= 4 is 46.6 Å². The Morgan fingerprint density at radius 3 is 1.67 bits per heavy atom. The van der Waals surface area contributed by atoms with Crippen LogP contribution in [0.1, 0.15) is 40.3 Å². The van der Waals surface area contributed by atoms with Crippen molar-refractivity contribution in [2.24, 2.45) is 11.8 Å². The molecule has 0 radical (unpaired) electrons. The highest BCUT2D eigenvalue weighted by Crippen LogP contribution is 2.69. The van der Waals surface area contributed by atoms with E-state index in [9.17, 15) is 14.4 Å². The molecule has 1 saturated heterocycles. The van der Waals surface area contributed by atoms with Gasteiger partial charge in [-0.05, 0) is 90.6 Å². The van der Waals surface area contributed by atoms with E-state index in [1.807, 2.05) is 80.6 Å². The fourth-order valence-corrected chi connectivity index (χ4v) is 8.05. The summed E-state index contributed by atoms with van der Waals surface area (Å²) in [6.07, 6.45) is 0. The van der Waals surface area contributed by atoms with Gasteiger partial charge in [-0.25, -0.2) is 0 Å². The van der Waals surface area contributed by atoms with Crippen LogP contribution >= 0.6 is 23.2 Å². The molecule has 4 aliphatic rings. The molecule has 3 amide bonds. The van der Waals surface area contributed by atoms with Crippen LogP contribution in [0.15, 0.2) is 91.0 Å². The highest BCUT2D eigenvalue weighted by molar-refractivity contribution is 6.36. The number of amides is 3. The van der Waals surface area contributed by atoms with Crippen LogP contribution in [-0.4, -0.2) is 28.7 Å². The van der Waals surface area contributed by atoms with Gasteiger partial charge in [0, 0.05) is 5.69 Å². The standard InChI is InChI=1S/C35H28Cl2N2O4/c1-19-12-15-24(18-20(19)2)43-23-16-13-22(14-17-23)38-31(40)21(3)39-32(41)29-30(33(39)42)35(37)26-9-5-4-8-25(26)34(29,36)27-10-6-7-11-28(27)35/h4-18,21,29-30H,1-3H3,(H,38,40)/t21-,29+,30+,34?,35?/m0/s1. The highest BCUT2D eigenvalue weighted by atomic mass is 35.5. The molecule has 1 heterocycles. The summed E-state index contributed by atoms with van der Waals surface area (Å²) in [5, 5.41) is 2.83. The summed E-state index contributed by atoms with van der Waals surface area (Å²) in [7, 11) is 0. The number of ether oxygens (including phenoxy) is 1. The number of halogens is 2. The van der Waals surface area contributed by atoms with Crippen LogP contribution in [0.2, 0.25) is 0 Å². The second-order valence-electron chi connectivity index (χ2n) is 11.6. The first-order valence-corrected chi connectivity index (χ1v) is 14.9. The zero-order chi connectivity index (χ0) is 30.3. The van der Waals surface area contributed by atoms with Crippen LogP contribution in [-0.2, 0) is 24.1 Å². The summed E-state index contributed by atoms with van der Waals surface area (Å²) in [5.41, 5.74) is 5.68. The van der Waals surface area contributed by atoms with Gasteiger partial charge in [0.05, 0.1) is 11.8 Å². The molecule has 1 aliphatic heterocycles. The third kappa shape index (κ3) is 3.82. The first-order valence-electron chi connectivity index (χ1n) is 14.2. The summed E-state index contributed by atoms with van der Waals surface area (Å²) >= 11 is 15.0. The van der Waals surface area contributed by atoms with Gasteiger partial charge in [0.25, 0.3) is 0 Å².